The molecule has 0 unspecified atom stereocenters. The Morgan fingerprint density at radius 3 is 2.35 bits per heavy atom. The highest BCUT2D eigenvalue weighted by Crippen LogP contribution is 2.28. The highest BCUT2D eigenvalue weighted by atomic mass is 35.5. The van der Waals surface area contributed by atoms with Crippen LogP contribution in [-0.2, 0) is 19.5 Å². The number of carboxylic acids is 1. The van der Waals surface area contributed by atoms with Gasteiger partial charge in [-0.05, 0) is 48.7 Å². The van der Waals surface area contributed by atoms with Crippen LogP contribution in [0.4, 0.5) is 0 Å². The number of carbonyl (C=O) groups is 1. The van der Waals surface area contributed by atoms with Gasteiger partial charge < -0.3 is 15.0 Å². The van der Waals surface area contributed by atoms with Crippen molar-refractivity contribution in [3.8, 4) is 0 Å². The minimum absolute atomic E-state index is 0.340. The minimum atomic E-state index is -0.911. The Labute approximate surface area is 187 Å². The summed E-state index contributed by atoms with van der Waals surface area (Å²) in [5.74, 6) is -0.911. The van der Waals surface area contributed by atoms with Gasteiger partial charge in [-0.2, -0.15) is 0 Å². The summed E-state index contributed by atoms with van der Waals surface area (Å²) in [6.45, 7) is 1.82. The molecule has 2 N–H and O–H groups in total. The van der Waals surface area contributed by atoms with Crippen molar-refractivity contribution in [2.45, 2.75) is 25.9 Å². The Bertz CT molecular complexity index is 1170. The molecule has 158 valence electrons. The molecule has 0 saturated heterocycles. The van der Waals surface area contributed by atoms with Crippen LogP contribution < -0.4 is 5.32 Å². The van der Waals surface area contributed by atoms with E-state index in [2.05, 4.69) is 29.6 Å². The lowest BCUT2D eigenvalue weighted by molar-refractivity contribution is 0.0685. The second-order valence-electron chi connectivity index (χ2n) is 7.63. The van der Waals surface area contributed by atoms with Crippen LogP contribution in [-0.4, -0.2) is 22.2 Å². The van der Waals surface area contributed by atoms with E-state index in [9.17, 15) is 9.90 Å². The van der Waals surface area contributed by atoms with E-state index in [1.54, 1.807) is 0 Å². The zero-order valence-electron chi connectivity index (χ0n) is 17.2. The molecule has 4 nitrogen and oxygen atoms in total. The zero-order chi connectivity index (χ0) is 21.6. The summed E-state index contributed by atoms with van der Waals surface area (Å²) in [6.07, 6.45) is 1.99. The molecule has 0 fully saturated rings. The predicted octanol–water partition coefficient (Wildman–Crippen LogP) is 5.76. The number of aryl methyl sites for hydroxylation is 1. The topological polar surface area (TPSA) is 54.3 Å². The summed E-state index contributed by atoms with van der Waals surface area (Å²) in [7, 11) is 0. The van der Waals surface area contributed by atoms with Crippen molar-refractivity contribution in [1.29, 1.82) is 0 Å². The molecule has 4 rings (SSSR count). The van der Waals surface area contributed by atoms with Crippen LogP contribution >= 0.6 is 11.6 Å². The van der Waals surface area contributed by atoms with Crippen LogP contribution in [0.5, 0.6) is 0 Å². The molecule has 0 bridgehead atoms. The molecular formula is C26H25ClN2O2. The summed E-state index contributed by atoms with van der Waals surface area (Å²) in [4.78, 5) is 12.3. The second-order valence-corrected chi connectivity index (χ2v) is 8.06. The number of fused-ring (bicyclic) bond motifs is 1. The van der Waals surface area contributed by atoms with Crippen LogP contribution in [0.3, 0.4) is 0 Å². The first-order valence-corrected chi connectivity index (χ1v) is 10.8. The molecule has 0 atom stereocenters. The molecule has 4 aromatic rings. The molecule has 0 radical (unpaired) electrons. The van der Waals surface area contributed by atoms with E-state index in [1.165, 1.54) is 5.56 Å². The van der Waals surface area contributed by atoms with Gasteiger partial charge in [-0.1, -0.05) is 72.3 Å². The Kier molecular flexibility index (Phi) is 6.70. The molecule has 0 aliphatic carbocycles. The van der Waals surface area contributed by atoms with Gasteiger partial charge in [0, 0.05) is 34.6 Å². The first-order chi connectivity index (χ1) is 15.1. The monoisotopic (exact) mass is 432 g/mol. The maximum Gasteiger partial charge on any atom is 0.352 e. The minimum Gasteiger partial charge on any atom is -0.477 e. The van der Waals surface area contributed by atoms with E-state index in [0.717, 1.165) is 41.4 Å². The van der Waals surface area contributed by atoms with E-state index >= 15 is 0 Å². The number of aromatic nitrogens is 1. The maximum atomic E-state index is 12.3. The highest BCUT2D eigenvalue weighted by Gasteiger charge is 2.22. The van der Waals surface area contributed by atoms with Crippen LogP contribution in [0.15, 0.2) is 78.9 Å². The summed E-state index contributed by atoms with van der Waals surface area (Å²) in [5, 5.41) is 15.1. The summed E-state index contributed by atoms with van der Waals surface area (Å²) in [6, 6.07) is 25.8. The predicted molar refractivity (Wildman–Crippen MR) is 126 cm³/mol. The van der Waals surface area contributed by atoms with Gasteiger partial charge in [0.25, 0.3) is 0 Å². The number of nitrogens with zero attached hydrogens (tertiary/aromatic N) is 1. The molecule has 1 aromatic heterocycles. The molecule has 3 aromatic carbocycles. The summed E-state index contributed by atoms with van der Waals surface area (Å²) in [5.41, 5.74) is 4.42. The van der Waals surface area contributed by atoms with Gasteiger partial charge in [0.2, 0.25) is 0 Å². The maximum absolute atomic E-state index is 12.3. The fraction of sp³-hybridized carbons (Fsp3) is 0.192. The molecule has 0 spiro atoms. The average molecular weight is 433 g/mol. The third-order valence-electron chi connectivity index (χ3n) is 5.50. The standard InChI is InChI=1S/C26H25ClN2O2/c27-21-14-12-20(13-15-21)18-29-24-11-5-4-10-22(24)23(25(29)26(30)31)17-28-16-6-9-19-7-2-1-3-8-19/h1-5,7-8,10-15,28H,6,9,16-18H2,(H,30,31). The molecule has 31 heavy (non-hydrogen) atoms. The van der Waals surface area contributed by atoms with E-state index < -0.39 is 5.97 Å². The van der Waals surface area contributed by atoms with Crippen molar-refractivity contribution >= 4 is 28.5 Å². The van der Waals surface area contributed by atoms with E-state index in [1.807, 2.05) is 59.2 Å². The Morgan fingerprint density at radius 2 is 1.61 bits per heavy atom. The molecule has 0 amide bonds. The lowest BCUT2D eigenvalue weighted by Gasteiger charge is -2.10. The fourth-order valence-electron chi connectivity index (χ4n) is 4.01. The van der Waals surface area contributed by atoms with Crippen molar-refractivity contribution in [2.24, 2.45) is 0 Å². The van der Waals surface area contributed by atoms with Crippen LogP contribution in [0.25, 0.3) is 10.9 Å². The van der Waals surface area contributed by atoms with Gasteiger partial charge in [-0.3, -0.25) is 0 Å². The Balaban J connectivity index is 1.55. The van der Waals surface area contributed by atoms with E-state index in [-0.39, 0.29) is 0 Å². The van der Waals surface area contributed by atoms with Crippen molar-refractivity contribution in [3.63, 3.8) is 0 Å². The van der Waals surface area contributed by atoms with Crippen molar-refractivity contribution < 1.29 is 9.90 Å². The van der Waals surface area contributed by atoms with Crippen molar-refractivity contribution in [1.82, 2.24) is 9.88 Å². The summed E-state index contributed by atoms with van der Waals surface area (Å²) >= 11 is 6.01. The van der Waals surface area contributed by atoms with Crippen LogP contribution in [0.1, 0.15) is 33.6 Å². The summed E-state index contributed by atoms with van der Waals surface area (Å²) < 4.78 is 1.89. The fourth-order valence-corrected chi connectivity index (χ4v) is 4.14. The SMILES string of the molecule is O=C(O)c1c(CNCCCc2ccccc2)c2ccccc2n1Cc1ccc(Cl)cc1. The third kappa shape index (κ3) is 4.98. The first kappa shape index (κ1) is 21.2. The highest BCUT2D eigenvalue weighted by molar-refractivity contribution is 6.30. The number of halogens is 1. The van der Waals surface area contributed by atoms with E-state index in [0.29, 0.717) is 23.8 Å². The quantitative estimate of drug-likeness (QED) is 0.330. The molecule has 0 saturated carbocycles. The van der Waals surface area contributed by atoms with Gasteiger partial charge in [-0.15, -0.1) is 0 Å². The van der Waals surface area contributed by atoms with Gasteiger partial charge in [0.1, 0.15) is 5.69 Å². The van der Waals surface area contributed by atoms with Crippen molar-refractivity contribution in [2.75, 3.05) is 6.54 Å². The Hall–Kier alpha value is -3.08. The third-order valence-corrected chi connectivity index (χ3v) is 5.75. The number of aromatic carboxylic acids is 1. The smallest absolute Gasteiger partial charge is 0.352 e. The lowest BCUT2D eigenvalue weighted by atomic mass is 10.1. The van der Waals surface area contributed by atoms with Gasteiger partial charge in [0.05, 0.1) is 0 Å². The zero-order valence-corrected chi connectivity index (χ0v) is 18.0. The Morgan fingerprint density at radius 1 is 0.903 bits per heavy atom. The first-order valence-electron chi connectivity index (χ1n) is 10.5. The number of rotatable bonds is 9. The van der Waals surface area contributed by atoms with Gasteiger partial charge in [-0.25, -0.2) is 4.79 Å². The molecule has 5 heteroatoms. The number of hydrogen-bond donors (Lipinski definition) is 2. The largest absolute Gasteiger partial charge is 0.477 e. The lowest BCUT2D eigenvalue weighted by Crippen LogP contribution is -2.18. The van der Waals surface area contributed by atoms with Gasteiger partial charge >= 0.3 is 5.97 Å². The van der Waals surface area contributed by atoms with Crippen LogP contribution in [0.2, 0.25) is 5.02 Å². The molecule has 0 aliphatic heterocycles. The molecule has 1 heterocycles. The van der Waals surface area contributed by atoms with Crippen LogP contribution in [0, 0.1) is 0 Å². The molecular weight excluding hydrogens is 408 g/mol. The van der Waals surface area contributed by atoms with E-state index in [4.69, 9.17) is 11.6 Å². The number of para-hydroxylation sites is 1. The second kappa shape index (κ2) is 9.82. The van der Waals surface area contributed by atoms with Crippen molar-refractivity contribution in [3.05, 3.63) is 106 Å². The number of hydrogen-bond acceptors (Lipinski definition) is 2. The van der Waals surface area contributed by atoms with Gasteiger partial charge in [0.15, 0.2) is 0 Å². The normalized spacial score (nSPS) is 11.1. The average Bonchev–Trinajstić information content (AvgIpc) is 3.09. The number of nitrogens with one attached hydrogen (secondary N) is 1. The molecule has 0 aliphatic rings. The number of benzene rings is 3. The number of carboxylic acid groups (broad SMARTS) is 1.